The lowest BCUT2D eigenvalue weighted by Crippen LogP contribution is -2.18. The van der Waals surface area contributed by atoms with Crippen LogP contribution in [0.5, 0.6) is 5.75 Å². The van der Waals surface area contributed by atoms with E-state index in [2.05, 4.69) is 0 Å². The SMILES string of the molecule is CS(=O)(=O)c1cccc(OCC(N)c2ccccc2)c1. The quantitative estimate of drug-likeness (QED) is 0.916. The molecule has 4 nitrogen and oxygen atoms in total. The summed E-state index contributed by atoms with van der Waals surface area (Å²) in [6.45, 7) is 0.289. The van der Waals surface area contributed by atoms with Gasteiger partial charge >= 0.3 is 0 Å². The van der Waals surface area contributed by atoms with E-state index in [1.807, 2.05) is 30.3 Å². The summed E-state index contributed by atoms with van der Waals surface area (Å²) in [7, 11) is -3.23. The first-order valence-corrected chi connectivity index (χ1v) is 8.09. The Morgan fingerprint density at radius 3 is 2.45 bits per heavy atom. The monoisotopic (exact) mass is 291 g/mol. The predicted molar refractivity (Wildman–Crippen MR) is 78.4 cm³/mol. The molecule has 0 fully saturated rings. The van der Waals surface area contributed by atoms with Crippen LogP contribution in [-0.2, 0) is 9.84 Å². The maximum atomic E-state index is 11.5. The summed E-state index contributed by atoms with van der Waals surface area (Å²) in [4.78, 5) is 0.239. The summed E-state index contributed by atoms with van der Waals surface area (Å²) >= 11 is 0. The van der Waals surface area contributed by atoms with E-state index in [0.29, 0.717) is 5.75 Å². The van der Waals surface area contributed by atoms with Crippen LogP contribution in [0.2, 0.25) is 0 Å². The zero-order valence-corrected chi connectivity index (χ0v) is 12.0. The van der Waals surface area contributed by atoms with Crippen molar-refractivity contribution in [1.82, 2.24) is 0 Å². The van der Waals surface area contributed by atoms with E-state index in [1.54, 1.807) is 18.2 Å². The molecule has 1 unspecified atom stereocenters. The van der Waals surface area contributed by atoms with E-state index in [0.717, 1.165) is 5.56 Å². The van der Waals surface area contributed by atoms with Gasteiger partial charge in [-0.15, -0.1) is 0 Å². The van der Waals surface area contributed by atoms with Gasteiger partial charge in [-0.1, -0.05) is 36.4 Å². The summed E-state index contributed by atoms with van der Waals surface area (Å²) in [6.07, 6.45) is 1.17. The van der Waals surface area contributed by atoms with E-state index in [1.165, 1.54) is 12.3 Å². The fourth-order valence-electron chi connectivity index (χ4n) is 1.78. The van der Waals surface area contributed by atoms with E-state index >= 15 is 0 Å². The summed E-state index contributed by atoms with van der Waals surface area (Å²) in [5.41, 5.74) is 7.00. The molecule has 2 rings (SSSR count). The maximum Gasteiger partial charge on any atom is 0.175 e. The van der Waals surface area contributed by atoms with Crippen molar-refractivity contribution in [2.45, 2.75) is 10.9 Å². The Morgan fingerprint density at radius 1 is 1.10 bits per heavy atom. The average Bonchev–Trinajstić information content (AvgIpc) is 2.45. The Balaban J connectivity index is 2.05. The predicted octanol–water partition coefficient (Wildman–Crippen LogP) is 2.17. The van der Waals surface area contributed by atoms with E-state index in [4.69, 9.17) is 10.5 Å². The van der Waals surface area contributed by atoms with Crippen LogP contribution >= 0.6 is 0 Å². The van der Waals surface area contributed by atoms with Crippen LogP contribution in [0.3, 0.4) is 0 Å². The van der Waals surface area contributed by atoms with Gasteiger partial charge in [0.2, 0.25) is 0 Å². The second-order valence-electron chi connectivity index (χ2n) is 4.58. The molecular formula is C15H17NO3S. The lowest BCUT2D eigenvalue weighted by molar-refractivity contribution is 0.290. The molecule has 0 heterocycles. The Bertz CT molecular complexity index is 669. The van der Waals surface area contributed by atoms with Crippen LogP contribution < -0.4 is 10.5 Å². The van der Waals surface area contributed by atoms with Crippen LogP contribution in [0, 0.1) is 0 Å². The summed E-state index contributed by atoms with van der Waals surface area (Å²) in [5, 5.41) is 0. The molecule has 2 aromatic carbocycles. The van der Waals surface area contributed by atoms with Crippen LogP contribution in [0.4, 0.5) is 0 Å². The van der Waals surface area contributed by atoms with Crippen molar-refractivity contribution >= 4 is 9.84 Å². The Morgan fingerprint density at radius 2 is 1.80 bits per heavy atom. The van der Waals surface area contributed by atoms with Gasteiger partial charge in [0, 0.05) is 6.26 Å². The zero-order chi connectivity index (χ0) is 14.6. The van der Waals surface area contributed by atoms with Crippen LogP contribution in [0.15, 0.2) is 59.5 Å². The third-order valence-corrected chi connectivity index (χ3v) is 4.00. The summed E-state index contributed by atoms with van der Waals surface area (Å²) in [6, 6.07) is 15.8. The normalized spacial score (nSPS) is 12.9. The molecule has 0 aliphatic heterocycles. The van der Waals surface area contributed by atoms with Gasteiger partial charge in [-0.25, -0.2) is 8.42 Å². The molecule has 0 aliphatic rings. The van der Waals surface area contributed by atoms with Gasteiger partial charge in [0.15, 0.2) is 9.84 Å². The average molecular weight is 291 g/mol. The minimum Gasteiger partial charge on any atom is -0.492 e. The fraction of sp³-hybridized carbons (Fsp3) is 0.200. The van der Waals surface area contributed by atoms with E-state index in [-0.39, 0.29) is 17.5 Å². The maximum absolute atomic E-state index is 11.5. The molecule has 2 aromatic rings. The molecule has 1 atom stereocenters. The molecule has 5 heteroatoms. The van der Waals surface area contributed by atoms with Gasteiger partial charge in [0.25, 0.3) is 0 Å². The molecular weight excluding hydrogens is 274 g/mol. The largest absolute Gasteiger partial charge is 0.492 e. The number of hydrogen-bond acceptors (Lipinski definition) is 4. The first kappa shape index (κ1) is 14.6. The second kappa shape index (κ2) is 6.07. The van der Waals surface area contributed by atoms with Crippen LogP contribution in [-0.4, -0.2) is 21.3 Å². The van der Waals surface area contributed by atoms with Crippen molar-refractivity contribution in [1.29, 1.82) is 0 Å². The molecule has 0 bridgehead atoms. The highest BCUT2D eigenvalue weighted by Gasteiger charge is 2.10. The second-order valence-corrected chi connectivity index (χ2v) is 6.59. The molecule has 106 valence electrons. The van der Waals surface area contributed by atoms with Gasteiger partial charge in [-0.3, -0.25) is 0 Å². The van der Waals surface area contributed by atoms with Gasteiger partial charge in [-0.2, -0.15) is 0 Å². The minimum atomic E-state index is -3.23. The molecule has 0 spiro atoms. The Labute approximate surface area is 119 Å². The highest BCUT2D eigenvalue weighted by molar-refractivity contribution is 7.90. The van der Waals surface area contributed by atoms with Crippen molar-refractivity contribution < 1.29 is 13.2 Å². The number of ether oxygens (including phenoxy) is 1. The first-order valence-electron chi connectivity index (χ1n) is 6.20. The van der Waals surface area contributed by atoms with Crippen LogP contribution in [0.1, 0.15) is 11.6 Å². The molecule has 2 N–H and O–H groups in total. The molecule has 0 amide bonds. The molecule has 0 saturated heterocycles. The summed E-state index contributed by atoms with van der Waals surface area (Å²) in [5.74, 6) is 0.499. The number of sulfone groups is 1. The van der Waals surface area contributed by atoms with Gasteiger partial charge in [0.05, 0.1) is 10.9 Å². The Hall–Kier alpha value is -1.85. The Kier molecular flexibility index (Phi) is 4.42. The zero-order valence-electron chi connectivity index (χ0n) is 11.2. The van der Waals surface area contributed by atoms with Crippen molar-refractivity contribution in [2.75, 3.05) is 12.9 Å². The first-order chi connectivity index (χ1) is 9.47. The minimum absolute atomic E-state index is 0.239. The highest BCUT2D eigenvalue weighted by atomic mass is 32.2. The van der Waals surface area contributed by atoms with E-state index < -0.39 is 9.84 Å². The van der Waals surface area contributed by atoms with Crippen molar-refractivity contribution in [3.8, 4) is 5.75 Å². The fourth-order valence-corrected chi connectivity index (χ4v) is 2.43. The third-order valence-electron chi connectivity index (χ3n) is 2.89. The molecule has 0 aromatic heterocycles. The number of benzene rings is 2. The van der Waals surface area contributed by atoms with Gasteiger partial charge in [-0.05, 0) is 23.8 Å². The molecule has 0 aliphatic carbocycles. The van der Waals surface area contributed by atoms with Gasteiger partial charge in [0.1, 0.15) is 12.4 Å². The number of nitrogens with two attached hydrogens (primary N) is 1. The van der Waals surface area contributed by atoms with Crippen molar-refractivity contribution in [2.24, 2.45) is 5.73 Å². The van der Waals surface area contributed by atoms with Crippen molar-refractivity contribution in [3.63, 3.8) is 0 Å². The molecule has 0 saturated carbocycles. The molecule has 20 heavy (non-hydrogen) atoms. The van der Waals surface area contributed by atoms with Crippen molar-refractivity contribution in [3.05, 3.63) is 60.2 Å². The highest BCUT2D eigenvalue weighted by Crippen LogP contribution is 2.19. The van der Waals surface area contributed by atoms with Gasteiger partial charge < -0.3 is 10.5 Å². The van der Waals surface area contributed by atoms with E-state index in [9.17, 15) is 8.42 Å². The number of hydrogen-bond donors (Lipinski definition) is 1. The number of rotatable bonds is 5. The topological polar surface area (TPSA) is 69.4 Å². The standard InChI is InChI=1S/C15H17NO3S/c1-20(17,18)14-9-5-8-13(10-14)19-11-15(16)12-6-3-2-4-7-12/h2-10,15H,11,16H2,1H3. The smallest absolute Gasteiger partial charge is 0.175 e. The lowest BCUT2D eigenvalue weighted by atomic mass is 10.1. The third kappa shape index (κ3) is 3.82. The summed E-state index contributed by atoms with van der Waals surface area (Å²) < 4.78 is 28.5. The molecule has 0 radical (unpaired) electrons. The van der Waals surface area contributed by atoms with Crippen LogP contribution in [0.25, 0.3) is 0 Å². The lowest BCUT2D eigenvalue weighted by Gasteiger charge is -2.14.